The molecule has 0 saturated heterocycles. The summed E-state index contributed by atoms with van der Waals surface area (Å²) in [6.07, 6.45) is -2.40. The largest absolute Gasteiger partial charge is 0.573 e. The Kier molecular flexibility index (Phi) is 6.91. The molecule has 2 saturated carbocycles. The summed E-state index contributed by atoms with van der Waals surface area (Å²) in [6, 6.07) is 1.22. The minimum absolute atomic E-state index is 0.0777. The third kappa shape index (κ3) is 5.93. The minimum Gasteiger partial charge on any atom is -0.405 e. The maximum Gasteiger partial charge on any atom is 0.573 e. The molecule has 0 aromatic heterocycles. The number of benzene rings is 1. The Morgan fingerprint density at radius 1 is 0.690 bits per heavy atom. The molecule has 2 aliphatic rings. The zero-order chi connectivity index (χ0) is 21.2. The smallest absolute Gasteiger partial charge is 0.405 e. The summed E-state index contributed by atoms with van der Waals surface area (Å²) in [6.45, 7) is 0. The standard InChI is InChI=1S/C20H25F6O2P/c21-19(22,23)27-14-11-15(29)17(13-9-5-2-6-10-13)18(28-20(24,25)26)16(14)12-7-3-1-4-8-12/h11-13H,1-10,29H2. The van der Waals surface area contributed by atoms with Gasteiger partial charge in [-0.1, -0.05) is 38.5 Å². The molecule has 0 heterocycles. The van der Waals surface area contributed by atoms with E-state index in [4.69, 9.17) is 0 Å². The van der Waals surface area contributed by atoms with Crippen molar-refractivity contribution in [3.05, 3.63) is 17.2 Å². The van der Waals surface area contributed by atoms with E-state index >= 15 is 0 Å². The lowest BCUT2D eigenvalue weighted by molar-refractivity contribution is -0.277. The van der Waals surface area contributed by atoms with Crippen LogP contribution in [0.2, 0.25) is 0 Å². The van der Waals surface area contributed by atoms with Gasteiger partial charge in [-0.25, -0.2) is 0 Å². The van der Waals surface area contributed by atoms with Gasteiger partial charge in [0.15, 0.2) is 0 Å². The van der Waals surface area contributed by atoms with Crippen LogP contribution < -0.4 is 14.8 Å². The predicted octanol–water partition coefficient (Wildman–Crippen LogP) is 7.08. The molecule has 2 fully saturated rings. The van der Waals surface area contributed by atoms with E-state index in [1.165, 1.54) is 6.07 Å². The van der Waals surface area contributed by atoms with Crippen LogP contribution in [-0.2, 0) is 0 Å². The van der Waals surface area contributed by atoms with Gasteiger partial charge in [0.25, 0.3) is 0 Å². The van der Waals surface area contributed by atoms with Gasteiger partial charge < -0.3 is 9.47 Å². The Balaban J connectivity index is 2.19. The monoisotopic (exact) mass is 442 g/mol. The first-order valence-electron chi connectivity index (χ1n) is 10.0. The third-order valence-electron chi connectivity index (χ3n) is 5.82. The summed E-state index contributed by atoms with van der Waals surface area (Å²) in [5, 5.41) is 0.273. The normalized spacial score (nSPS) is 20.0. The first kappa shape index (κ1) is 22.5. The summed E-state index contributed by atoms with van der Waals surface area (Å²) < 4.78 is 87.8. The molecule has 2 aliphatic carbocycles. The quantitative estimate of drug-likeness (QED) is 0.367. The molecule has 0 radical (unpaired) electrons. The second kappa shape index (κ2) is 8.91. The molecule has 0 N–H and O–H groups in total. The van der Waals surface area contributed by atoms with Crippen molar-refractivity contribution in [1.82, 2.24) is 0 Å². The van der Waals surface area contributed by atoms with Crippen LogP contribution in [0.3, 0.4) is 0 Å². The molecular formula is C20H25F6O2P. The SMILES string of the molecule is FC(F)(F)Oc1cc(P)c(C2CCCCC2)c(OC(F)(F)F)c1C1CCCCC1. The summed E-state index contributed by atoms with van der Waals surface area (Å²) in [5.74, 6) is -1.67. The number of ether oxygens (including phenoxy) is 2. The number of halogens is 6. The van der Waals surface area contributed by atoms with Crippen LogP contribution >= 0.6 is 9.24 Å². The molecule has 3 rings (SSSR count). The van der Waals surface area contributed by atoms with E-state index in [-0.39, 0.29) is 16.8 Å². The molecule has 1 unspecified atom stereocenters. The lowest BCUT2D eigenvalue weighted by atomic mass is 9.78. The summed E-state index contributed by atoms with van der Waals surface area (Å²) >= 11 is 0. The Labute approximate surface area is 168 Å². The van der Waals surface area contributed by atoms with Crippen molar-refractivity contribution in [1.29, 1.82) is 0 Å². The molecule has 0 aliphatic heterocycles. The molecule has 164 valence electrons. The maximum absolute atomic E-state index is 13.3. The Morgan fingerprint density at radius 3 is 1.59 bits per heavy atom. The predicted molar refractivity (Wildman–Crippen MR) is 101 cm³/mol. The Bertz CT molecular complexity index is 704. The molecule has 2 nitrogen and oxygen atoms in total. The van der Waals surface area contributed by atoms with E-state index < -0.39 is 30.1 Å². The first-order valence-corrected chi connectivity index (χ1v) is 10.6. The lowest BCUT2D eigenvalue weighted by Gasteiger charge is -2.32. The molecule has 1 atom stereocenters. The highest BCUT2D eigenvalue weighted by atomic mass is 31.0. The van der Waals surface area contributed by atoms with Gasteiger partial charge in [-0.15, -0.1) is 35.6 Å². The molecular weight excluding hydrogens is 417 g/mol. The van der Waals surface area contributed by atoms with Crippen LogP contribution in [0.5, 0.6) is 11.5 Å². The first-order chi connectivity index (χ1) is 13.6. The third-order valence-corrected chi connectivity index (χ3v) is 6.30. The van der Waals surface area contributed by atoms with Crippen LogP contribution in [-0.4, -0.2) is 12.7 Å². The summed E-state index contributed by atoms with van der Waals surface area (Å²) in [7, 11) is 2.28. The fourth-order valence-corrected chi connectivity index (χ4v) is 5.23. The van der Waals surface area contributed by atoms with Crippen LogP contribution in [0.15, 0.2) is 6.07 Å². The minimum atomic E-state index is -5.00. The highest BCUT2D eigenvalue weighted by Crippen LogP contribution is 2.50. The molecule has 1 aromatic carbocycles. The summed E-state index contributed by atoms with van der Waals surface area (Å²) in [4.78, 5) is 0. The van der Waals surface area contributed by atoms with Gasteiger partial charge in [0, 0.05) is 11.1 Å². The van der Waals surface area contributed by atoms with Gasteiger partial charge in [-0.3, -0.25) is 0 Å². The van der Waals surface area contributed by atoms with Crippen molar-refractivity contribution in [2.75, 3.05) is 0 Å². The second-order valence-electron chi connectivity index (χ2n) is 7.89. The van der Waals surface area contributed by atoms with Crippen LogP contribution in [0.1, 0.15) is 87.2 Å². The van der Waals surface area contributed by atoms with E-state index in [9.17, 15) is 26.3 Å². The van der Waals surface area contributed by atoms with Crippen LogP contribution in [0.25, 0.3) is 0 Å². The lowest BCUT2D eigenvalue weighted by Crippen LogP contribution is -2.26. The van der Waals surface area contributed by atoms with Crippen LogP contribution in [0, 0.1) is 0 Å². The van der Waals surface area contributed by atoms with Gasteiger partial charge in [0.1, 0.15) is 11.5 Å². The highest BCUT2D eigenvalue weighted by molar-refractivity contribution is 7.27. The zero-order valence-electron chi connectivity index (χ0n) is 16.0. The van der Waals surface area contributed by atoms with E-state index in [0.29, 0.717) is 31.2 Å². The van der Waals surface area contributed by atoms with Crippen molar-refractivity contribution in [3.8, 4) is 11.5 Å². The maximum atomic E-state index is 13.3. The average Bonchev–Trinajstić information content (AvgIpc) is 2.60. The zero-order valence-corrected chi connectivity index (χ0v) is 17.1. The van der Waals surface area contributed by atoms with Gasteiger partial charge in [0.05, 0.1) is 0 Å². The molecule has 0 bridgehead atoms. The number of hydrogen-bond acceptors (Lipinski definition) is 2. The van der Waals surface area contributed by atoms with Crippen LogP contribution in [0.4, 0.5) is 26.3 Å². The van der Waals surface area contributed by atoms with E-state index in [1.807, 2.05) is 0 Å². The van der Waals surface area contributed by atoms with E-state index in [0.717, 1.165) is 38.5 Å². The van der Waals surface area contributed by atoms with Crippen molar-refractivity contribution in [2.45, 2.75) is 88.8 Å². The van der Waals surface area contributed by atoms with Gasteiger partial charge >= 0.3 is 12.7 Å². The Morgan fingerprint density at radius 2 is 1.14 bits per heavy atom. The highest BCUT2D eigenvalue weighted by Gasteiger charge is 2.40. The second-order valence-corrected chi connectivity index (χ2v) is 8.51. The molecule has 1 aromatic rings. The van der Waals surface area contributed by atoms with Gasteiger partial charge in [-0.05, 0) is 48.9 Å². The van der Waals surface area contributed by atoms with E-state index in [2.05, 4.69) is 18.7 Å². The number of alkyl halides is 6. The van der Waals surface area contributed by atoms with Crippen molar-refractivity contribution in [2.24, 2.45) is 0 Å². The molecule has 0 spiro atoms. The number of rotatable bonds is 4. The Hall–Kier alpha value is -1.17. The van der Waals surface area contributed by atoms with Crippen molar-refractivity contribution >= 4 is 14.5 Å². The fourth-order valence-electron chi connectivity index (χ4n) is 4.71. The van der Waals surface area contributed by atoms with Gasteiger partial charge in [0.2, 0.25) is 0 Å². The van der Waals surface area contributed by atoms with E-state index in [1.54, 1.807) is 0 Å². The average molecular weight is 442 g/mol. The number of hydrogen-bond donors (Lipinski definition) is 0. The molecule has 0 amide bonds. The molecule has 29 heavy (non-hydrogen) atoms. The summed E-state index contributed by atoms with van der Waals surface area (Å²) in [5.41, 5.74) is 0.285. The molecule has 9 heteroatoms. The topological polar surface area (TPSA) is 18.5 Å². The van der Waals surface area contributed by atoms with Gasteiger partial charge in [-0.2, -0.15) is 0 Å². The fraction of sp³-hybridized carbons (Fsp3) is 0.700. The van der Waals surface area contributed by atoms with Crippen molar-refractivity contribution < 1.29 is 35.8 Å². The van der Waals surface area contributed by atoms with Crippen molar-refractivity contribution in [3.63, 3.8) is 0 Å².